The number of hydrogen-bond acceptors (Lipinski definition) is 3. The van der Waals surface area contributed by atoms with Crippen LogP contribution in [0, 0.1) is 17.2 Å². The maximum absolute atomic E-state index is 8.98. The first-order valence-electron chi connectivity index (χ1n) is 5.71. The van der Waals surface area contributed by atoms with Crippen molar-refractivity contribution in [2.45, 2.75) is 19.8 Å². The smallest absolute Gasteiger partial charge is 0.101 e. The third kappa shape index (κ3) is 4.76. The number of halogens is 1. The topological polar surface area (TPSA) is 56.0 Å². The minimum atomic E-state index is 0.238. The van der Waals surface area contributed by atoms with E-state index < -0.39 is 0 Å². The van der Waals surface area contributed by atoms with E-state index in [2.05, 4.69) is 27.3 Å². The molecule has 1 aromatic carbocycles. The molecule has 0 saturated carbocycles. The molecule has 0 fully saturated rings. The molecule has 1 rings (SSSR count). The van der Waals surface area contributed by atoms with E-state index in [1.54, 1.807) is 6.07 Å². The Morgan fingerprint density at radius 3 is 2.94 bits per heavy atom. The normalized spacial score (nSPS) is 11.9. The highest BCUT2D eigenvalue weighted by molar-refractivity contribution is 9.10. The van der Waals surface area contributed by atoms with Crippen molar-refractivity contribution in [2.75, 3.05) is 18.5 Å². The van der Waals surface area contributed by atoms with E-state index in [0.717, 1.165) is 29.5 Å². The molecule has 3 nitrogen and oxygen atoms in total. The summed E-state index contributed by atoms with van der Waals surface area (Å²) in [7, 11) is 0. The zero-order valence-electron chi connectivity index (χ0n) is 9.91. The molecule has 0 radical (unpaired) electrons. The van der Waals surface area contributed by atoms with Gasteiger partial charge in [-0.2, -0.15) is 5.26 Å². The number of nitriles is 1. The predicted molar refractivity (Wildman–Crippen MR) is 72.8 cm³/mol. The maximum atomic E-state index is 8.98. The van der Waals surface area contributed by atoms with Crippen LogP contribution in [-0.2, 0) is 0 Å². The molecule has 0 aliphatic rings. The van der Waals surface area contributed by atoms with Crippen LogP contribution in [0.2, 0.25) is 0 Å². The molecule has 2 N–H and O–H groups in total. The van der Waals surface area contributed by atoms with Crippen molar-refractivity contribution >= 4 is 21.6 Å². The molecule has 92 valence electrons. The van der Waals surface area contributed by atoms with Crippen LogP contribution >= 0.6 is 15.9 Å². The lowest BCUT2D eigenvalue weighted by atomic mass is 10.1. The van der Waals surface area contributed by atoms with Crippen molar-refractivity contribution in [1.29, 1.82) is 5.26 Å². The summed E-state index contributed by atoms with van der Waals surface area (Å²) >= 11 is 3.34. The number of nitrogens with one attached hydrogen (secondary N) is 1. The van der Waals surface area contributed by atoms with Gasteiger partial charge in [-0.05, 0) is 37.0 Å². The summed E-state index contributed by atoms with van der Waals surface area (Å²) in [5.41, 5.74) is 1.52. The summed E-state index contributed by atoms with van der Waals surface area (Å²) < 4.78 is 0.911. The Hall–Kier alpha value is -1.05. The molecule has 0 amide bonds. The molecule has 1 atom stereocenters. The lowest BCUT2D eigenvalue weighted by Crippen LogP contribution is -2.07. The number of nitrogens with zero attached hydrogens (tertiary/aromatic N) is 1. The summed E-state index contributed by atoms with van der Waals surface area (Å²) in [6.07, 6.45) is 1.98. The van der Waals surface area contributed by atoms with Gasteiger partial charge in [0.1, 0.15) is 6.07 Å². The number of anilines is 1. The lowest BCUT2D eigenvalue weighted by molar-refractivity contribution is 0.229. The maximum Gasteiger partial charge on any atom is 0.101 e. The summed E-state index contributed by atoms with van der Waals surface area (Å²) in [4.78, 5) is 0. The van der Waals surface area contributed by atoms with Gasteiger partial charge in [0.15, 0.2) is 0 Å². The first-order chi connectivity index (χ1) is 8.17. The van der Waals surface area contributed by atoms with Crippen LogP contribution in [0.4, 0.5) is 5.69 Å². The average Bonchev–Trinajstić information content (AvgIpc) is 2.35. The van der Waals surface area contributed by atoms with Crippen LogP contribution in [0.1, 0.15) is 25.3 Å². The van der Waals surface area contributed by atoms with Crippen LogP contribution < -0.4 is 5.32 Å². The number of benzene rings is 1. The number of aliphatic hydroxyl groups is 1. The Morgan fingerprint density at radius 1 is 1.53 bits per heavy atom. The van der Waals surface area contributed by atoms with Gasteiger partial charge in [-0.1, -0.05) is 22.9 Å². The molecule has 4 heteroatoms. The standard InChI is InChI=1S/C13H17BrN2O/c1-10(9-17)3-2-6-16-13-5-4-12(14)7-11(13)8-15/h4-5,7,10,16-17H,2-3,6,9H2,1H3. The fourth-order valence-corrected chi connectivity index (χ4v) is 1.89. The van der Waals surface area contributed by atoms with Crippen molar-refractivity contribution in [3.05, 3.63) is 28.2 Å². The number of rotatable bonds is 6. The fraction of sp³-hybridized carbons (Fsp3) is 0.462. The highest BCUT2D eigenvalue weighted by Gasteiger charge is 2.03. The van der Waals surface area contributed by atoms with Crippen molar-refractivity contribution < 1.29 is 5.11 Å². The van der Waals surface area contributed by atoms with Gasteiger partial charge in [-0.15, -0.1) is 0 Å². The molecule has 0 aliphatic heterocycles. The van der Waals surface area contributed by atoms with Crippen LogP contribution in [0.5, 0.6) is 0 Å². The largest absolute Gasteiger partial charge is 0.396 e. The van der Waals surface area contributed by atoms with Crippen molar-refractivity contribution in [3.63, 3.8) is 0 Å². The Balaban J connectivity index is 2.44. The zero-order valence-corrected chi connectivity index (χ0v) is 11.5. The Morgan fingerprint density at radius 2 is 2.29 bits per heavy atom. The molecule has 0 aliphatic carbocycles. The summed E-state index contributed by atoms with van der Waals surface area (Å²) in [6, 6.07) is 7.79. The van der Waals surface area contributed by atoms with Gasteiger partial charge >= 0.3 is 0 Å². The van der Waals surface area contributed by atoms with E-state index in [1.165, 1.54) is 0 Å². The average molecular weight is 297 g/mol. The molecule has 1 unspecified atom stereocenters. The molecule has 0 heterocycles. The molecular formula is C13H17BrN2O. The Kier molecular flexibility index (Phi) is 6.03. The predicted octanol–water partition coefficient (Wildman–Crippen LogP) is 3.14. The first kappa shape index (κ1) is 14.0. The van der Waals surface area contributed by atoms with Gasteiger partial charge in [0.2, 0.25) is 0 Å². The SMILES string of the molecule is CC(CO)CCCNc1ccc(Br)cc1C#N. The van der Waals surface area contributed by atoms with Crippen molar-refractivity contribution in [3.8, 4) is 6.07 Å². The van der Waals surface area contributed by atoms with E-state index in [0.29, 0.717) is 11.5 Å². The van der Waals surface area contributed by atoms with Gasteiger partial charge in [-0.25, -0.2) is 0 Å². The first-order valence-corrected chi connectivity index (χ1v) is 6.51. The fourth-order valence-electron chi connectivity index (χ4n) is 1.53. The second-order valence-corrected chi connectivity index (χ2v) is 5.07. The number of hydrogen-bond donors (Lipinski definition) is 2. The molecule has 0 aromatic heterocycles. The second kappa shape index (κ2) is 7.31. The van der Waals surface area contributed by atoms with Crippen molar-refractivity contribution in [2.24, 2.45) is 5.92 Å². The van der Waals surface area contributed by atoms with Crippen LogP contribution in [0.3, 0.4) is 0 Å². The lowest BCUT2D eigenvalue weighted by Gasteiger charge is -2.10. The van der Waals surface area contributed by atoms with E-state index in [1.807, 2.05) is 19.1 Å². The molecule has 0 saturated heterocycles. The van der Waals surface area contributed by atoms with Crippen LogP contribution in [0.15, 0.2) is 22.7 Å². The van der Waals surface area contributed by atoms with Gasteiger partial charge in [0, 0.05) is 17.6 Å². The Labute approximate surface area is 111 Å². The summed E-state index contributed by atoms with van der Waals surface area (Å²) in [5.74, 6) is 0.345. The monoisotopic (exact) mass is 296 g/mol. The zero-order chi connectivity index (χ0) is 12.7. The quantitative estimate of drug-likeness (QED) is 0.793. The Bertz CT molecular complexity index is 401. The summed E-state index contributed by atoms with van der Waals surface area (Å²) in [5, 5.41) is 21.1. The third-order valence-electron chi connectivity index (χ3n) is 2.60. The van der Waals surface area contributed by atoms with Gasteiger partial charge in [0.05, 0.1) is 11.3 Å². The van der Waals surface area contributed by atoms with E-state index >= 15 is 0 Å². The molecule has 17 heavy (non-hydrogen) atoms. The number of aliphatic hydroxyl groups excluding tert-OH is 1. The third-order valence-corrected chi connectivity index (χ3v) is 3.10. The van der Waals surface area contributed by atoms with Crippen LogP contribution in [-0.4, -0.2) is 18.3 Å². The van der Waals surface area contributed by atoms with E-state index in [9.17, 15) is 0 Å². The minimum Gasteiger partial charge on any atom is -0.396 e. The summed E-state index contributed by atoms with van der Waals surface area (Å²) in [6.45, 7) is 3.09. The molecule has 0 bridgehead atoms. The van der Waals surface area contributed by atoms with Crippen LogP contribution in [0.25, 0.3) is 0 Å². The van der Waals surface area contributed by atoms with Gasteiger partial charge in [0.25, 0.3) is 0 Å². The van der Waals surface area contributed by atoms with E-state index in [-0.39, 0.29) is 6.61 Å². The van der Waals surface area contributed by atoms with E-state index in [4.69, 9.17) is 10.4 Å². The second-order valence-electron chi connectivity index (χ2n) is 4.16. The molecule has 0 spiro atoms. The van der Waals surface area contributed by atoms with Gasteiger partial charge < -0.3 is 10.4 Å². The van der Waals surface area contributed by atoms with Gasteiger partial charge in [-0.3, -0.25) is 0 Å². The minimum absolute atomic E-state index is 0.238. The molecule has 1 aromatic rings. The highest BCUT2D eigenvalue weighted by atomic mass is 79.9. The molecular weight excluding hydrogens is 280 g/mol. The van der Waals surface area contributed by atoms with Crippen molar-refractivity contribution in [1.82, 2.24) is 0 Å². The highest BCUT2D eigenvalue weighted by Crippen LogP contribution is 2.20.